The van der Waals surface area contributed by atoms with Gasteiger partial charge in [-0.15, -0.1) is 0 Å². The van der Waals surface area contributed by atoms with Crippen molar-refractivity contribution in [2.45, 2.75) is 32.0 Å². The third kappa shape index (κ3) is 6.39. The van der Waals surface area contributed by atoms with Gasteiger partial charge in [-0.2, -0.15) is 13.2 Å². The highest BCUT2D eigenvalue weighted by Crippen LogP contribution is 2.36. The highest BCUT2D eigenvalue weighted by molar-refractivity contribution is 6.30. The monoisotopic (exact) mass is 429 g/mol. The molecule has 1 N–H and O–H groups in total. The fraction of sp³-hybridized carbons (Fsp3) is 0.300. The van der Waals surface area contributed by atoms with E-state index in [4.69, 9.17) is 21.1 Å². The first-order chi connectivity index (χ1) is 13.6. The minimum atomic E-state index is -4.71. The molecule has 0 aromatic heterocycles. The molecular formula is C20H19ClF3NO4. The Morgan fingerprint density at radius 3 is 2.52 bits per heavy atom. The molecule has 0 aliphatic carbocycles. The van der Waals surface area contributed by atoms with Crippen LogP contribution >= 0.6 is 11.6 Å². The van der Waals surface area contributed by atoms with Gasteiger partial charge in [-0.3, -0.25) is 9.59 Å². The lowest BCUT2D eigenvalue weighted by Crippen LogP contribution is -2.30. The number of rotatable bonds is 7. The average Bonchev–Trinajstić information content (AvgIpc) is 2.67. The summed E-state index contributed by atoms with van der Waals surface area (Å²) >= 11 is 5.61. The van der Waals surface area contributed by atoms with E-state index in [1.807, 2.05) is 0 Å². The topological polar surface area (TPSA) is 64.6 Å². The van der Waals surface area contributed by atoms with Crippen molar-refractivity contribution in [3.8, 4) is 5.75 Å². The number of methoxy groups -OCH3 is 1. The molecule has 5 nitrogen and oxygen atoms in total. The Bertz CT molecular complexity index is 886. The van der Waals surface area contributed by atoms with E-state index in [1.165, 1.54) is 20.1 Å². The largest absolute Gasteiger partial charge is 0.496 e. The summed E-state index contributed by atoms with van der Waals surface area (Å²) in [5, 5.41) is 2.01. The van der Waals surface area contributed by atoms with E-state index in [1.54, 1.807) is 24.3 Å². The number of ether oxygens (including phenoxy) is 2. The van der Waals surface area contributed by atoms with E-state index in [9.17, 15) is 22.8 Å². The Morgan fingerprint density at radius 1 is 1.17 bits per heavy atom. The Hall–Kier alpha value is -2.74. The van der Waals surface area contributed by atoms with Crippen LogP contribution in [0.15, 0.2) is 42.5 Å². The van der Waals surface area contributed by atoms with Crippen LogP contribution in [0.1, 0.15) is 24.5 Å². The lowest BCUT2D eigenvalue weighted by atomic mass is 10.1. The summed E-state index contributed by atoms with van der Waals surface area (Å²) in [4.78, 5) is 24.2. The molecule has 0 fully saturated rings. The van der Waals surface area contributed by atoms with Gasteiger partial charge in [0.2, 0.25) is 0 Å². The maximum absolute atomic E-state index is 13.1. The Kier molecular flexibility index (Phi) is 7.50. The van der Waals surface area contributed by atoms with Gasteiger partial charge in [0.1, 0.15) is 5.75 Å². The van der Waals surface area contributed by atoms with Crippen LogP contribution in [0.5, 0.6) is 5.75 Å². The summed E-state index contributed by atoms with van der Waals surface area (Å²) in [7, 11) is 1.51. The normalized spacial score (nSPS) is 12.2. The average molecular weight is 430 g/mol. The number of aryl methyl sites for hydroxylation is 1. The van der Waals surface area contributed by atoms with Crippen LogP contribution in [-0.4, -0.2) is 25.1 Å². The second-order valence-electron chi connectivity index (χ2n) is 6.12. The molecule has 0 radical (unpaired) electrons. The van der Waals surface area contributed by atoms with Gasteiger partial charge in [0, 0.05) is 11.4 Å². The summed E-state index contributed by atoms with van der Waals surface area (Å²) < 4.78 is 49.5. The molecular weight excluding hydrogens is 411 g/mol. The first kappa shape index (κ1) is 22.5. The number of alkyl halides is 3. The summed E-state index contributed by atoms with van der Waals surface area (Å²) in [6.07, 6.45) is -5.68. The maximum atomic E-state index is 13.1. The minimum absolute atomic E-state index is 0.0211. The first-order valence-electron chi connectivity index (χ1n) is 8.60. The van der Waals surface area contributed by atoms with Crippen LogP contribution in [0.4, 0.5) is 18.9 Å². The van der Waals surface area contributed by atoms with Crippen molar-refractivity contribution < 1.29 is 32.2 Å². The van der Waals surface area contributed by atoms with Gasteiger partial charge in [0.15, 0.2) is 6.10 Å². The van der Waals surface area contributed by atoms with Crippen molar-refractivity contribution in [1.29, 1.82) is 0 Å². The Balaban J connectivity index is 1.96. The van der Waals surface area contributed by atoms with E-state index < -0.39 is 35.4 Å². The molecule has 0 aliphatic heterocycles. The number of carbonyl (C=O) groups excluding carboxylic acids is 2. The molecule has 0 bridgehead atoms. The number of esters is 1. The van der Waals surface area contributed by atoms with E-state index in [0.29, 0.717) is 18.2 Å². The first-order valence-corrected chi connectivity index (χ1v) is 8.98. The minimum Gasteiger partial charge on any atom is -0.496 e. The molecule has 1 atom stereocenters. The molecule has 1 unspecified atom stereocenters. The zero-order valence-corrected chi connectivity index (χ0v) is 16.4. The SMILES string of the molecule is COc1ccccc1CCC(=O)OC(C)C(=O)Nc1ccc(Cl)cc1C(F)(F)F. The second-order valence-corrected chi connectivity index (χ2v) is 6.56. The van der Waals surface area contributed by atoms with Gasteiger partial charge in [-0.05, 0) is 43.2 Å². The Morgan fingerprint density at radius 2 is 1.86 bits per heavy atom. The predicted molar refractivity (Wildman–Crippen MR) is 102 cm³/mol. The number of hydrogen-bond donors (Lipinski definition) is 1. The lowest BCUT2D eigenvalue weighted by Gasteiger charge is -2.17. The summed E-state index contributed by atoms with van der Waals surface area (Å²) in [5.41, 5.74) is -0.767. The zero-order valence-electron chi connectivity index (χ0n) is 15.7. The fourth-order valence-corrected chi connectivity index (χ4v) is 2.72. The van der Waals surface area contributed by atoms with Gasteiger partial charge in [-0.25, -0.2) is 0 Å². The fourth-order valence-electron chi connectivity index (χ4n) is 2.55. The van der Waals surface area contributed by atoms with Crippen LogP contribution in [0.3, 0.4) is 0 Å². The number of benzene rings is 2. The van der Waals surface area contributed by atoms with Gasteiger partial charge >= 0.3 is 12.1 Å². The van der Waals surface area contributed by atoms with Crippen LogP contribution in [0, 0.1) is 0 Å². The number of anilines is 1. The van der Waals surface area contributed by atoms with Crippen LogP contribution < -0.4 is 10.1 Å². The number of carbonyl (C=O) groups is 2. The smallest absolute Gasteiger partial charge is 0.418 e. The van der Waals surface area contributed by atoms with Crippen LogP contribution in [0.2, 0.25) is 5.02 Å². The zero-order chi connectivity index (χ0) is 21.6. The van der Waals surface area contributed by atoms with E-state index in [-0.39, 0.29) is 11.4 Å². The summed E-state index contributed by atoms with van der Waals surface area (Å²) in [5.74, 6) is -0.928. The van der Waals surface area contributed by atoms with Crippen molar-refractivity contribution in [2.75, 3.05) is 12.4 Å². The molecule has 29 heavy (non-hydrogen) atoms. The molecule has 0 spiro atoms. The van der Waals surface area contributed by atoms with Crippen molar-refractivity contribution in [1.82, 2.24) is 0 Å². The van der Waals surface area contributed by atoms with Gasteiger partial charge in [0.05, 0.1) is 18.4 Å². The highest BCUT2D eigenvalue weighted by Gasteiger charge is 2.34. The van der Waals surface area contributed by atoms with E-state index in [0.717, 1.165) is 11.6 Å². The third-order valence-corrected chi connectivity index (χ3v) is 4.25. The quantitative estimate of drug-likeness (QED) is 0.638. The second kappa shape index (κ2) is 9.65. The highest BCUT2D eigenvalue weighted by atomic mass is 35.5. The molecule has 2 aromatic carbocycles. The molecule has 0 heterocycles. The molecule has 2 rings (SSSR count). The maximum Gasteiger partial charge on any atom is 0.418 e. The molecule has 0 saturated carbocycles. The van der Waals surface area contributed by atoms with Crippen molar-refractivity contribution in [3.05, 3.63) is 58.6 Å². The molecule has 156 valence electrons. The van der Waals surface area contributed by atoms with Crippen molar-refractivity contribution in [2.24, 2.45) is 0 Å². The number of para-hydroxylation sites is 1. The van der Waals surface area contributed by atoms with Crippen LogP contribution in [-0.2, 0) is 26.9 Å². The molecule has 9 heteroatoms. The van der Waals surface area contributed by atoms with Crippen LogP contribution in [0.25, 0.3) is 0 Å². The number of halogens is 4. The van der Waals surface area contributed by atoms with Gasteiger partial charge < -0.3 is 14.8 Å². The van der Waals surface area contributed by atoms with Gasteiger partial charge in [0.25, 0.3) is 5.91 Å². The van der Waals surface area contributed by atoms with Crippen molar-refractivity contribution >= 4 is 29.2 Å². The van der Waals surface area contributed by atoms with Gasteiger partial charge in [-0.1, -0.05) is 29.8 Å². The predicted octanol–water partition coefficient (Wildman–Crippen LogP) is 4.87. The van der Waals surface area contributed by atoms with Crippen molar-refractivity contribution in [3.63, 3.8) is 0 Å². The third-order valence-electron chi connectivity index (χ3n) is 4.01. The number of nitrogens with one attached hydrogen (secondary N) is 1. The van der Waals surface area contributed by atoms with E-state index in [2.05, 4.69) is 5.32 Å². The molecule has 1 amide bonds. The molecule has 2 aromatic rings. The Labute approximate surface area is 170 Å². The number of hydrogen-bond acceptors (Lipinski definition) is 4. The standard InChI is InChI=1S/C20H19ClF3NO4/c1-12(29-18(26)10-7-13-5-3-4-6-17(13)28-2)19(27)25-16-9-8-14(21)11-15(16)20(22,23)24/h3-6,8-9,11-12H,7,10H2,1-2H3,(H,25,27). The lowest BCUT2D eigenvalue weighted by molar-refractivity contribution is -0.153. The number of amides is 1. The van der Waals surface area contributed by atoms with E-state index >= 15 is 0 Å². The summed E-state index contributed by atoms with van der Waals surface area (Å²) in [6.45, 7) is 1.28. The molecule has 0 saturated heterocycles. The summed E-state index contributed by atoms with van der Waals surface area (Å²) in [6, 6.07) is 10.1. The molecule has 0 aliphatic rings.